The van der Waals surface area contributed by atoms with Crippen molar-refractivity contribution in [2.45, 2.75) is 6.92 Å². The molecule has 3 nitrogen and oxygen atoms in total. The third kappa shape index (κ3) is 3.32. The molecule has 0 atom stereocenters. The molecule has 0 aliphatic heterocycles. The minimum Gasteiger partial charge on any atom is -0.497 e. The van der Waals surface area contributed by atoms with Gasteiger partial charge in [0.1, 0.15) is 5.75 Å². The molecule has 0 saturated heterocycles. The number of methoxy groups -OCH3 is 1. The highest BCUT2D eigenvalue weighted by molar-refractivity contribution is 9.10. The SMILES string of the molecule is COc1ccc(Br)c(C(=O)Nc2ccc(Cl)cc2C)c1. The van der Waals surface area contributed by atoms with Crippen LogP contribution in [0.3, 0.4) is 0 Å². The van der Waals surface area contributed by atoms with Crippen molar-refractivity contribution in [3.63, 3.8) is 0 Å². The van der Waals surface area contributed by atoms with Crippen LogP contribution in [0.4, 0.5) is 5.69 Å². The number of benzene rings is 2. The Kier molecular flexibility index (Phi) is 4.68. The smallest absolute Gasteiger partial charge is 0.256 e. The molecule has 2 rings (SSSR count). The Hall–Kier alpha value is -1.52. The molecule has 0 bridgehead atoms. The van der Waals surface area contributed by atoms with E-state index >= 15 is 0 Å². The number of anilines is 1. The number of aryl methyl sites for hydroxylation is 1. The van der Waals surface area contributed by atoms with Gasteiger partial charge in [0.25, 0.3) is 5.91 Å². The number of hydrogen-bond donors (Lipinski definition) is 1. The van der Waals surface area contributed by atoms with E-state index in [4.69, 9.17) is 16.3 Å². The molecule has 0 unspecified atom stereocenters. The molecule has 2 aromatic carbocycles. The maximum atomic E-state index is 12.3. The van der Waals surface area contributed by atoms with Crippen molar-refractivity contribution in [2.24, 2.45) is 0 Å². The Morgan fingerprint density at radius 3 is 2.65 bits per heavy atom. The predicted octanol–water partition coefficient (Wildman–Crippen LogP) is 4.67. The molecular formula is C15H13BrClNO2. The van der Waals surface area contributed by atoms with Gasteiger partial charge in [0.2, 0.25) is 0 Å². The first kappa shape index (κ1) is 14.9. The molecule has 0 fully saturated rings. The van der Waals surface area contributed by atoms with Gasteiger partial charge >= 0.3 is 0 Å². The summed E-state index contributed by atoms with van der Waals surface area (Å²) in [6, 6.07) is 10.6. The van der Waals surface area contributed by atoms with Crippen LogP contribution in [0.1, 0.15) is 15.9 Å². The van der Waals surface area contributed by atoms with Crippen LogP contribution < -0.4 is 10.1 Å². The Balaban J connectivity index is 2.28. The zero-order chi connectivity index (χ0) is 14.7. The molecule has 0 aromatic heterocycles. The Bertz CT molecular complexity index is 658. The number of hydrogen-bond acceptors (Lipinski definition) is 2. The van der Waals surface area contributed by atoms with E-state index in [1.54, 1.807) is 43.5 Å². The van der Waals surface area contributed by atoms with Crippen molar-refractivity contribution in [1.82, 2.24) is 0 Å². The van der Waals surface area contributed by atoms with Crippen molar-refractivity contribution in [3.8, 4) is 5.75 Å². The van der Waals surface area contributed by atoms with Gasteiger partial charge in [-0.3, -0.25) is 4.79 Å². The fourth-order valence-corrected chi connectivity index (χ4v) is 2.42. The van der Waals surface area contributed by atoms with E-state index in [0.29, 0.717) is 20.8 Å². The highest BCUT2D eigenvalue weighted by Crippen LogP contribution is 2.25. The van der Waals surface area contributed by atoms with Gasteiger partial charge in [-0.1, -0.05) is 11.6 Å². The average Bonchev–Trinajstić information content (AvgIpc) is 2.42. The van der Waals surface area contributed by atoms with Crippen LogP contribution in [-0.4, -0.2) is 13.0 Å². The Labute approximate surface area is 131 Å². The van der Waals surface area contributed by atoms with Gasteiger partial charge in [-0.05, 0) is 64.8 Å². The van der Waals surface area contributed by atoms with Crippen LogP contribution in [0.25, 0.3) is 0 Å². The lowest BCUT2D eigenvalue weighted by molar-refractivity contribution is 0.102. The summed E-state index contributed by atoms with van der Waals surface area (Å²) in [4.78, 5) is 12.3. The molecule has 1 N–H and O–H groups in total. The fraction of sp³-hybridized carbons (Fsp3) is 0.133. The molecule has 1 amide bonds. The summed E-state index contributed by atoms with van der Waals surface area (Å²) in [6.45, 7) is 1.89. The quantitative estimate of drug-likeness (QED) is 0.869. The number of nitrogens with one attached hydrogen (secondary N) is 1. The summed E-state index contributed by atoms with van der Waals surface area (Å²) in [5.41, 5.74) is 2.15. The normalized spacial score (nSPS) is 10.2. The lowest BCUT2D eigenvalue weighted by Gasteiger charge is -2.11. The van der Waals surface area contributed by atoms with Gasteiger partial charge in [0, 0.05) is 15.2 Å². The maximum Gasteiger partial charge on any atom is 0.256 e. The largest absolute Gasteiger partial charge is 0.497 e. The first-order valence-electron chi connectivity index (χ1n) is 5.92. The van der Waals surface area contributed by atoms with Crippen LogP contribution in [-0.2, 0) is 0 Å². The summed E-state index contributed by atoms with van der Waals surface area (Å²) in [5, 5.41) is 3.50. The van der Waals surface area contributed by atoms with E-state index in [-0.39, 0.29) is 5.91 Å². The molecule has 0 radical (unpaired) electrons. The first-order chi connectivity index (χ1) is 9.51. The molecule has 0 saturated carbocycles. The minimum atomic E-state index is -0.207. The van der Waals surface area contributed by atoms with E-state index in [0.717, 1.165) is 11.3 Å². The molecule has 0 heterocycles. The van der Waals surface area contributed by atoms with Gasteiger partial charge in [0.15, 0.2) is 0 Å². The van der Waals surface area contributed by atoms with Crippen molar-refractivity contribution in [3.05, 3.63) is 57.0 Å². The van der Waals surface area contributed by atoms with E-state index in [9.17, 15) is 4.79 Å². The average molecular weight is 355 g/mol. The number of carbonyl (C=O) groups is 1. The number of halogens is 2. The molecule has 5 heteroatoms. The lowest BCUT2D eigenvalue weighted by Crippen LogP contribution is -2.13. The molecule has 20 heavy (non-hydrogen) atoms. The monoisotopic (exact) mass is 353 g/mol. The first-order valence-corrected chi connectivity index (χ1v) is 7.09. The van der Waals surface area contributed by atoms with E-state index in [1.807, 2.05) is 6.92 Å². The third-order valence-electron chi connectivity index (χ3n) is 2.85. The predicted molar refractivity (Wildman–Crippen MR) is 84.8 cm³/mol. The Morgan fingerprint density at radius 2 is 2.00 bits per heavy atom. The van der Waals surface area contributed by atoms with E-state index in [1.165, 1.54) is 0 Å². The van der Waals surface area contributed by atoms with Gasteiger partial charge in [0.05, 0.1) is 12.7 Å². The van der Waals surface area contributed by atoms with Crippen LogP contribution in [0.2, 0.25) is 5.02 Å². The summed E-state index contributed by atoms with van der Waals surface area (Å²) < 4.78 is 5.84. The summed E-state index contributed by atoms with van der Waals surface area (Å²) >= 11 is 9.26. The summed E-state index contributed by atoms with van der Waals surface area (Å²) in [7, 11) is 1.56. The molecule has 0 aliphatic carbocycles. The number of carbonyl (C=O) groups excluding carboxylic acids is 1. The van der Waals surface area contributed by atoms with Crippen molar-refractivity contribution in [2.75, 3.05) is 12.4 Å². The highest BCUT2D eigenvalue weighted by atomic mass is 79.9. The van der Waals surface area contributed by atoms with E-state index < -0.39 is 0 Å². The molecule has 104 valence electrons. The number of ether oxygens (including phenoxy) is 1. The maximum absolute atomic E-state index is 12.3. The zero-order valence-electron chi connectivity index (χ0n) is 11.0. The standard InChI is InChI=1S/C15H13BrClNO2/c1-9-7-10(17)3-6-14(9)18-15(19)12-8-11(20-2)4-5-13(12)16/h3-8H,1-2H3,(H,18,19). The van der Waals surface area contributed by atoms with Crippen molar-refractivity contribution < 1.29 is 9.53 Å². The molecule has 0 spiro atoms. The van der Waals surface area contributed by atoms with E-state index in [2.05, 4.69) is 21.2 Å². The summed E-state index contributed by atoms with van der Waals surface area (Å²) in [6.07, 6.45) is 0. The van der Waals surface area contributed by atoms with Gasteiger partial charge in [-0.25, -0.2) is 0 Å². The number of rotatable bonds is 3. The Morgan fingerprint density at radius 1 is 1.25 bits per heavy atom. The topological polar surface area (TPSA) is 38.3 Å². The molecular weight excluding hydrogens is 342 g/mol. The zero-order valence-corrected chi connectivity index (χ0v) is 13.4. The van der Waals surface area contributed by atoms with Crippen LogP contribution in [0, 0.1) is 6.92 Å². The van der Waals surface area contributed by atoms with Gasteiger partial charge in [-0.15, -0.1) is 0 Å². The van der Waals surface area contributed by atoms with Crippen molar-refractivity contribution in [1.29, 1.82) is 0 Å². The fourth-order valence-electron chi connectivity index (χ4n) is 1.76. The molecule has 0 aliphatic rings. The highest BCUT2D eigenvalue weighted by Gasteiger charge is 2.12. The number of amides is 1. The molecule has 2 aromatic rings. The van der Waals surface area contributed by atoms with Crippen LogP contribution in [0.5, 0.6) is 5.75 Å². The second-order valence-electron chi connectivity index (χ2n) is 4.26. The van der Waals surface area contributed by atoms with Crippen molar-refractivity contribution >= 4 is 39.1 Å². The van der Waals surface area contributed by atoms with Crippen LogP contribution >= 0.6 is 27.5 Å². The second-order valence-corrected chi connectivity index (χ2v) is 5.55. The minimum absolute atomic E-state index is 0.207. The van der Waals surface area contributed by atoms with Crippen LogP contribution in [0.15, 0.2) is 40.9 Å². The van der Waals surface area contributed by atoms with Gasteiger partial charge in [-0.2, -0.15) is 0 Å². The summed E-state index contributed by atoms with van der Waals surface area (Å²) in [5.74, 6) is 0.423. The third-order valence-corrected chi connectivity index (χ3v) is 3.78. The second kappa shape index (κ2) is 6.29. The lowest BCUT2D eigenvalue weighted by atomic mass is 10.1. The van der Waals surface area contributed by atoms with Gasteiger partial charge < -0.3 is 10.1 Å².